The highest BCUT2D eigenvalue weighted by Crippen LogP contribution is 2.36. The van der Waals surface area contributed by atoms with Crippen molar-refractivity contribution in [1.82, 2.24) is 0 Å². The Morgan fingerprint density at radius 3 is 2.62 bits per heavy atom. The Labute approximate surface area is 78.5 Å². The van der Waals surface area contributed by atoms with Gasteiger partial charge >= 0.3 is 5.97 Å². The second-order valence-electron chi connectivity index (χ2n) is 4.38. The second-order valence-corrected chi connectivity index (χ2v) is 4.38. The number of carbonyl (C=O) groups excluding carboxylic acids is 2. The maximum absolute atomic E-state index is 11.0. The monoisotopic (exact) mass is 184 g/mol. The molecule has 74 valence electrons. The largest absolute Gasteiger partial charge is 0.462 e. The Morgan fingerprint density at radius 2 is 2.23 bits per heavy atom. The van der Waals surface area contributed by atoms with Gasteiger partial charge < -0.3 is 9.53 Å². The van der Waals surface area contributed by atoms with Crippen LogP contribution in [0.3, 0.4) is 0 Å². The third kappa shape index (κ3) is 2.54. The van der Waals surface area contributed by atoms with Crippen LogP contribution < -0.4 is 0 Å². The van der Waals surface area contributed by atoms with Gasteiger partial charge in [-0.25, -0.2) is 0 Å². The molecule has 1 rings (SSSR count). The van der Waals surface area contributed by atoms with Gasteiger partial charge in [-0.05, 0) is 13.3 Å². The van der Waals surface area contributed by atoms with E-state index in [0.717, 1.165) is 0 Å². The van der Waals surface area contributed by atoms with E-state index in [4.69, 9.17) is 4.74 Å². The Morgan fingerprint density at radius 1 is 1.62 bits per heavy atom. The van der Waals surface area contributed by atoms with Crippen LogP contribution >= 0.6 is 0 Å². The van der Waals surface area contributed by atoms with Gasteiger partial charge in [-0.2, -0.15) is 0 Å². The highest BCUT2D eigenvalue weighted by Gasteiger charge is 2.41. The Bertz CT molecular complexity index is 230. The van der Waals surface area contributed by atoms with Gasteiger partial charge in [0.25, 0.3) is 0 Å². The van der Waals surface area contributed by atoms with Crippen molar-refractivity contribution in [3.8, 4) is 0 Å². The highest BCUT2D eigenvalue weighted by atomic mass is 16.6. The summed E-state index contributed by atoms with van der Waals surface area (Å²) in [6, 6.07) is 0. The van der Waals surface area contributed by atoms with Crippen LogP contribution in [0.15, 0.2) is 0 Å². The van der Waals surface area contributed by atoms with Gasteiger partial charge in [0.2, 0.25) is 0 Å². The first-order valence-electron chi connectivity index (χ1n) is 4.61. The molecule has 0 N–H and O–H groups in total. The number of rotatable bonds is 3. The molecule has 0 aliphatic carbocycles. The molecular weight excluding hydrogens is 168 g/mol. The minimum atomic E-state index is -0.140. The summed E-state index contributed by atoms with van der Waals surface area (Å²) in [5, 5.41) is 0. The summed E-state index contributed by atoms with van der Waals surface area (Å²) in [7, 11) is 0. The number of hydrogen-bond donors (Lipinski definition) is 0. The van der Waals surface area contributed by atoms with Gasteiger partial charge in [0.1, 0.15) is 11.9 Å². The molecule has 0 aromatic carbocycles. The van der Waals surface area contributed by atoms with Crippen molar-refractivity contribution < 1.29 is 14.3 Å². The van der Waals surface area contributed by atoms with Crippen LogP contribution in [0.4, 0.5) is 0 Å². The van der Waals surface area contributed by atoms with Gasteiger partial charge in [0.15, 0.2) is 0 Å². The Balaban J connectivity index is 2.50. The predicted octanol–water partition coefficient (Wildman–Crippen LogP) is 1.70. The maximum atomic E-state index is 11.0. The molecule has 0 spiro atoms. The van der Waals surface area contributed by atoms with E-state index < -0.39 is 0 Å². The third-order valence-electron chi connectivity index (χ3n) is 2.50. The molecule has 1 unspecified atom stereocenters. The lowest BCUT2D eigenvalue weighted by atomic mass is 9.83. The standard InChI is InChI=1S/C10H16O3/c1-7(11)4-5-8-10(2,3)6-9(12)13-8/h8H,4-6H2,1-3H3. The van der Waals surface area contributed by atoms with Gasteiger partial charge in [-0.15, -0.1) is 0 Å². The third-order valence-corrected chi connectivity index (χ3v) is 2.50. The van der Waals surface area contributed by atoms with Crippen LogP contribution in [-0.4, -0.2) is 17.9 Å². The molecule has 1 aliphatic rings. The van der Waals surface area contributed by atoms with Crippen LogP contribution in [0.25, 0.3) is 0 Å². The molecule has 1 fully saturated rings. The second kappa shape index (κ2) is 3.48. The summed E-state index contributed by atoms with van der Waals surface area (Å²) in [4.78, 5) is 21.8. The van der Waals surface area contributed by atoms with E-state index in [1.165, 1.54) is 0 Å². The van der Waals surface area contributed by atoms with E-state index in [0.29, 0.717) is 19.3 Å². The van der Waals surface area contributed by atoms with E-state index in [-0.39, 0.29) is 23.3 Å². The lowest BCUT2D eigenvalue weighted by Gasteiger charge is -2.22. The molecule has 1 atom stereocenters. The zero-order chi connectivity index (χ0) is 10.1. The molecule has 3 heteroatoms. The van der Waals surface area contributed by atoms with Gasteiger partial charge in [-0.1, -0.05) is 13.8 Å². The first-order chi connectivity index (χ1) is 5.92. The molecular formula is C10H16O3. The number of Topliss-reactive ketones (excluding diaryl/α,β-unsaturated/α-hetero) is 1. The molecule has 3 nitrogen and oxygen atoms in total. The first-order valence-corrected chi connectivity index (χ1v) is 4.61. The van der Waals surface area contributed by atoms with Crippen LogP contribution in [0, 0.1) is 5.41 Å². The Kier molecular flexibility index (Phi) is 2.74. The first kappa shape index (κ1) is 10.2. The van der Waals surface area contributed by atoms with Crippen LogP contribution in [0.2, 0.25) is 0 Å². The van der Waals surface area contributed by atoms with E-state index in [2.05, 4.69) is 0 Å². The van der Waals surface area contributed by atoms with Crippen molar-refractivity contribution >= 4 is 11.8 Å². The fourth-order valence-corrected chi connectivity index (χ4v) is 1.63. The molecule has 1 heterocycles. The van der Waals surface area contributed by atoms with Crippen LogP contribution in [0.5, 0.6) is 0 Å². The molecule has 0 amide bonds. The molecule has 1 aliphatic heterocycles. The number of ether oxygens (including phenoxy) is 1. The lowest BCUT2D eigenvalue weighted by Crippen LogP contribution is -2.24. The molecule has 0 aromatic rings. The number of esters is 1. The average molecular weight is 184 g/mol. The number of ketones is 1. The van der Waals surface area contributed by atoms with Gasteiger partial charge in [-0.3, -0.25) is 4.79 Å². The van der Waals surface area contributed by atoms with Crippen molar-refractivity contribution in [2.24, 2.45) is 5.41 Å². The van der Waals surface area contributed by atoms with Crippen LogP contribution in [-0.2, 0) is 14.3 Å². The summed E-state index contributed by atoms with van der Waals surface area (Å²) >= 11 is 0. The zero-order valence-electron chi connectivity index (χ0n) is 8.42. The normalized spacial score (nSPS) is 25.8. The smallest absolute Gasteiger partial charge is 0.306 e. The van der Waals surface area contributed by atoms with Crippen molar-refractivity contribution in [2.45, 2.75) is 46.1 Å². The van der Waals surface area contributed by atoms with Crippen molar-refractivity contribution in [2.75, 3.05) is 0 Å². The lowest BCUT2D eigenvalue weighted by molar-refractivity contribution is -0.142. The summed E-state index contributed by atoms with van der Waals surface area (Å²) in [5.74, 6) is 0.0114. The highest BCUT2D eigenvalue weighted by molar-refractivity contribution is 5.76. The van der Waals surface area contributed by atoms with Crippen LogP contribution in [0.1, 0.15) is 40.0 Å². The van der Waals surface area contributed by atoms with E-state index in [1.807, 2.05) is 13.8 Å². The molecule has 13 heavy (non-hydrogen) atoms. The van der Waals surface area contributed by atoms with E-state index >= 15 is 0 Å². The predicted molar refractivity (Wildman–Crippen MR) is 48.2 cm³/mol. The molecule has 0 bridgehead atoms. The minimum Gasteiger partial charge on any atom is -0.462 e. The van der Waals surface area contributed by atoms with Crippen molar-refractivity contribution in [3.63, 3.8) is 0 Å². The molecule has 1 saturated heterocycles. The SMILES string of the molecule is CC(=O)CCC1OC(=O)CC1(C)C. The maximum Gasteiger partial charge on any atom is 0.306 e. The molecule has 0 saturated carbocycles. The molecule has 0 aromatic heterocycles. The average Bonchev–Trinajstić information content (AvgIpc) is 2.19. The fourth-order valence-electron chi connectivity index (χ4n) is 1.63. The van der Waals surface area contributed by atoms with E-state index in [1.54, 1.807) is 6.92 Å². The number of hydrogen-bond acceptors (Lipinski definition) is 3. The topological polar surface area (TPSA) is 43.4 Å². The minimum absolute atomic E-state index is 0.0797. The van der Waals surface area contributed by atoms with E-state index in [9.17, 15) is 9.59 Å². The fraction of sp³-hybridized carbons (Fsp3) is 0.800. The summed E-state index contributed by atoms with van der Waals surface area (Å²) in [5.41, 5.74) is -0.105. The van der Waals surface area contributed by atoms with Gasteiger partial charge in [0, 0.05) is 11.8 Å². The summed E-state index contributed by atoms with van der Waals surface area (Å²) in [6.07, 6.45) is 1.55. The number of carbonyl (C=O) groups is 2. The van der Waals surface area contributed by atoms with Gasteiger partial charge in [0.05, 0.1) is 6.42 Å². The quantitative estimate of drug-likeness (QED) is 0.627. The summed E-state index contributed by atoms with van der Waals surface area (Å²) in [6.45, 7) is 5.56. The summed E-state index contributed by atoms with van der Waals surface area (Å²) < 4.78 is 5.14. The van der Waals surface area contributed by atoms with Crippen molar-refractivity contribution in [1.29, 1.82) is 0 Å². The number of cyclic esters (lactones) is 1. The Hall–Kier alpha value is -0.860. The zero-order valence-corrected chi connectivity index (χ0v) is 8.42. The molecule has 0 radical (unpaired) electrons. The van der Waals surface area contributed by atoms with Crippen molar-refractivity contribution in [3.05, 3.63) is 0 Å².